The fourth-order valence-electron chi connectivity index (χ4n) is 3.70. The Morgan fingerprint density at radius 2 is 1.90 bits per heavy atom. The Morgan fingerprint density at radius 3 is 2.65 bits per heavy atom. The highest BCUT2D eigenvalue weighted by atomic mass is 15.2. The third kappa shape index (κ3) is 3.61. The molecule has 1 atom stereocenters. The van der Waals surface area contributed by atoms with Gasteiger partial charge in [0.15, 0.2) is 0 Å². The van der Waals surface area contributed by atoms with Crippen LogP contribution in [0.1, 0.15) is 37.9 Å². The number of hydrogen-bond acceptors (Lipinski definition) is 3. The Bertz CT molecular complexity index is 408. The summed E-state index contributed by atoms with van der Waals surface area (Å²) >= 11 is 0. The van der Waals surface area contributed by atoms with Gasteiger partial charge in [-0.2, -0.15) is 0 Å². The Morgan fingerprint density at radius 1 is 1.10 bits per heavy atom. The highest BCUT2D eigenvalue weighted by Gasteiger charge is 2.23. The van der Waals surface area contributed by atoms with Crippen LogP contribution in [-0.2, 0) is 13.6 Å². The number of rotatable bonds is 4. The molecule has 0 spiro atoms. The standard InChI is InChI=1S/C16H28N4/c1-18-11-7-17-16(18)14-20-10-5-6-15(13-20)12-19-8-3-2-4-9-19/h7,11,15H,2-6,8-10,12-14H2,1H3. The molecule has 4 heteroatoms. The van der Waals surface area contributed by atoms with Crippen molar-refractivity contribution in [1.82, 2.24) is 19.4 Å². The molecule has 2 fully saturated rings. The number of hydrogen-bond donors (Lipinski definition) is 0. The molecular formula is C16H28N4. The molecule has 0 aromatic carbocycles. The van der Waals surface area contributed by atoms with Crippen LogP contribution in [0, 0.1) is 5.92 Å². The molecule has 112 valence electrons. The van der Waals surface area contributed by atoms with Crippen molar-refractivity contribution in [3.8, 4) is 0 Å². The van der Waals surface area contributed by atoms with Crippen molar-refractivity contribution in [3.05, 3.63) is 18.2 Å². The summed E-state index contributed by atoms with van der Waals surface area (Å²) in [6.45, 7) is 7.48. The van der Waals surface area contributed by atoms with Gasteiger partial charge in [-0.25, -0.2) is 4.98 Å². The quantitative estimate of drug-likeness (QED) is 0.842. The van der Waals surface area contributed by atoms with Crippen LogP contribution >= 0.6 is 0 Å². The van der Waals surface area contributed by atoms with Gasteiger partial charge in [0.1, 0.15) is 5.82 Å². The van der Waals surface area contributed by atoms with Crippen molar-refractivity contribution < 1.29 is 0 Å². The van der Waals surface area contributed by atoms with Crippen molar-refractivity contribution in [1.29, 1.82) is 0 Å². The zero-order valence-corrected chi connectivity index (χ0v) is 12.8. The van der Waals surface area contributed by atoms with Crippen LogP contribution in [0.4, 0.5) is 0 Å². The topological polar surface area (TPSA) is 24.3 Å². The van der Waals surface area contributed by atoms with Crippen molar-refractivity contribution in [3.63, 3.8) is 0 Å². The first-order valence-electron chi connectivity index (χ1n) is 8.22. The van der Waals surface area contributed by atoms with E-state index in [2.05, 4.69) is 26.4 Å². The van der Waals surface area contributed by atoms with E-state index in [4.69, 9.17) is 0 Å². The molecule has 0 radical (unpaired) electrons. The molecule has 0 N–H and O–H groups in total. The average molecular weight is 276 g/mol. The maximum absolute atomic E-state index is 4.46. The van der Waals surface area contributed by atoms with Crippen LogP contribution in [0.2, 0.25) is 0 Å². The predicted octanol–water partition coefficient (Wildman–Crippen LogP) is 2.12. The smallest absolute Gasteiger partial charge is 0.122 e. The fraction of sp³-hybridized carbons (Fsp3) is 0.812. The summed E-state index contributed by atoms with van der Waals surface area (Å²) in [5.74, 6) is 2.06. The van der Waals surface area contributed by atoms with Crippen LogP contribution < -0.4 is 0 Å². The van der Waals surface area contributed by atoms with E-state index in [1.165, 1.54) is 70.7 Å². The molecule has 2 aliphatic heterocycles. The van der Waals surface area contributed by atoms with E-state index in [-0.39, 0.29) is 0 Å². The van der Waals surface area contributed by atoms with Gasteiger partial charge in [0.25, 0.3) is 0 Å². The molecule has 4 nitrogen and oxygen atoms in total. The molecule has 1 aromatic heterocycles. The minimum atomic E-state index is 0.863. The maximum atomic E-state index is 4.46. The lowest BCUT2D eigenvalue weighted by molar-refractivity contribution is 0.116. The molecule has 2 saturated heterocycles. The van der Waals surface area contributed by atoms with Gasteiger partial charge < -0.3 is 9.47 Å². The molecule has 0 amide bonds. The van der Waals surface area contributed by atoms with E-state index in [1.807, 2.05) is 12.4 Å². The Labute approximate surface area is 122 Å². The Kier molecular flexibility index (Phi) is 4.73. The molecule has 1 aromatic rings. The SMILES string of the molecule is Cn1ccnc1CN1CCCC(CN2CCCCC2)C1. The van der Waals surface area contributed by atoms with Gasteiger partial charge in [0.05, 0.1) is 6.54 Å². The predicted molar refractivity (Wildman–Crippen MR) is 81.5 cm³/mol. The first-order valence-corrected chi connectivity index (χ1v) is 8.22. The molecule has 1 unspecified atom stereocenters. The maximum Gasteiger partial charge on any atom is 0.122 e. The number of nitrogens with zero attached hydrogens (tertiary/aromatic N) is 4. The lowest BCUT2D eigenvalue weighted by Crippen LogP contribution is -2.42. The van der Waals surface area contributed by atoms with Gasteiger partial charge in [-0.15, -0.1) is 0 Å². The van der Waals surface area contributed by atoms with E-state index in [0.717, 1.165) is 12.5 Å². The molecule has 20 heavy (non-hydrogen) atoms. The van der Waals surface area contributed by atoms with Crippen molar-refractivity contribution in [2.24, 2.45) is 13.0 Å². The molecule has 3 rings (SSSR count). The molecule has 2 aliphatic rings. The van der Waals surface area contributed by atoms with Crippen LogP contribution in [-0.4, -0.2) is 52.1 Å². The van der Waals surface area contributed by atoms with Crippen LogP contribution in [0.5, 0.6) is 0 Å². The third-order valence-corrected chi connectivity index (χ3v) is 4.85. The number of likely N-dealkylation sites (tertiary alicyclic amines) is 2. The van der Waals surface area contributed by atoms with Crippen molar-refractivity contribution in [2.75, 3.05) is 32.7 Å². The van der Waals surface area contributed by atoms with Gasteiger partial charge >= 0.3 is 0 Å². The summed E-state index contributed by atoms with van der Waals surface area (Å²) in [6.07, 6.45) is 11.0. The summed E-state index contributed by atoms with van der Waals surface area (Å²) < 4.78 is 2.15. The minimum Gasteiger partial charge on any atom is -0.337 e. The molecule has 0 aliphatic carbocycles. The van der Waals surface area contributed by atoms with Gasteiger partial charge in [-0.3, -0.25) is 4.90 Å². The van der Waals surface area contributed by atoms with Gasteiger partial charge in [0, 0.05) is 32.5 Å². The lowest BCUT2D eigenvalue weighted by atomic mass is 9.96. The fourth-order valence-corrected chi connectivity index (χ4v) is 3.70. The summed E-state index contributed by atoms with van der Waals surface area (Å²) in [6, 6.07) is 0. The summed E-state index contributed by atoms with van der Waals surface area (Å²) in [7, 11) is 2.09. The second kappa shape index (κ2) is 6.72. The zero-order valence-electron chi connectivity index (χ0n) is 12.8. The third-order valence-electron chi connectivity index (χ3n) is 4.85. The van der Waals surface area contributed by atoms with Gasteiger partial charge in [0.2, 0.25) is 0 Å². The van der Waals surface area contributed by atoms with E-state index >= 15 is 0 Å². The van der Waals surface area contributed by atoms with E-state index in [0.29, 0.717) is 0 Å². The van der Waals surface area contributed by atoms with E-state index in [1.54, 1.807) is 0 Å². The summed E-state index contributed by atoms with van der Waals surface area (Å²) in [5.41, 5.74) is 0. The normalized spacial score (nSPS) is 25.9. The molecule has 0 saturated carbocycles. The second-order valence-electron chi connectivity index (χ2n) is 6.56. The number of aryl methyl sites for hydroxylation is 1. The zero-order chi connectivity index (χ0) is 13.8. The largest absolute Gasteiger partial charge is 0.337 e. The molecule has 3 heterocycles. The first kappa shape index (κ1) is 14.1. The summed E-state index contributed by atoms with van der Waals surface area (Å²) in [5, 5.41) is 0. The Balaban J connectivity index is 1.49. The minimum absolute atomic E-state index is 0.863. The van der Waals surface area contributed by atoms with E-state index < -0.39 is 0 Å². The van der Waals surface area contributed by atoms with Gasteiger partial charge in [-0.05, 0) is 51.2 Å². The average Bonchev–Trinajstić information content (AvgIpc) is 2.86. The number of aromatic nitrogens is 2. The van der Waals surface area contributed by atoms with E-state index in [9.17, 15) is 0 Å². The number of imidazole rings is 1. The highest BCUT2D eigenvalue weighted by Crippen LogP contribution is 2.20. The molecular weight excluding hydrogens is 248 g/mol. The summed E-state index contributed by atoms with van der Waals surface area (Å²) in [4.78, 5) is 9.75. The monoisotopic (exact) mass is 276 g/mol. The van der Waals surface area contributed by atoms with Gasteiger partial charge in [-0.1, -0.05) is 6.42 Å². The van der Waals surface area contributed by atoms with Crippen LogP contribution in [0.15, 0.2) is 12.4 Å². The lowest BCUT2D eigenvalue weighted by Gasteiger charge is -2.36. The Hall–Kier alpha value is -0.870. The number of piperidine rings is 2. The van der Waals surface area contributed by atoms with Crippen molar-refractivity contribution >= 4 is 0 Å². The molecule has 0 bridgehead atoms. The first-order chi connectivity index (χ1) is 9.81. The van der Waals surface area contributed by atoms with Crippen molar-refractivity contribution in [2.45, 2.75) is 38.6 Å². The van der Waals surface area contributed by atoms with Crippen LogP contribution in [0.25, 0.3) is 0 Å². The highest BCUT2D eigenvalue weighted by molar-refractivity contribution is 4.92. The second-order valence-corrected chi connectivity index (χ2v) is 6.56. The van der Waals surface area contributed by atoms with Crippen LogP contribution in [0.3, 0.4) is 0 Å².